The molecule has 0 bridgehead atoms. The summed E-state index contributed by atoms with van der Waals surface area (Å²) in [4.78, 5) is 27.3. The van der Waals surface area contributed by atoms with E-state index in [0.29, 0.717) is 24.8 Å². The molecule has 6 heteroatoms. The van der Waals surface area contributed by atoms with Crippen LogP contribution in [0.4, 0.5) is 0 Å². The summed E-state index contributed by atoms with van der Waals surface area (Å²) in [7, 11) is 0. The Morgan fingerprint density at radius 3 is 2.33 bits per heavy atom. The number of rotatable bonds is 9. The van der Waals surface area contributed by atoms with Crippen molar-refractivity contribution >= 4 is 27.7 Å². The maximum Gasteiger partial charge on any atom is 0.261 e. The summed E-state index contributed by atoms with van der Waals surface area (Å²) >= 11 is 3.46. The third kappa shape index (κ3) is 7.48. The lowest BCUT2D eigenvalue weighted by molar-refractivity contribution is -0.142. The number of nitrogens with one attached hydrogen (secondary N) is 1. The van der Waals surface area contributed by atoms with Crippen LogP contribution in [-0.4, -0.2) is 35.9 Å². The molecule has 0 aliphatic carbocycles. The molecular weight excluding hydrogens is 444 g/mol. The van der Waals surface area contributed by atoms with Gasteiger partial charge >= 0.3 is 0 Å². The molecule has 2 rings (SSSR count). The molecule has 162 valence electrons. The van der Waals surface area contributed by atoms with Crippen LogP contribution in [0.3, 0.4) is 0 Å². The number of halogens is 1. The van der Waals surface area contributed by atoms with Gasteiger partial charge in [-0.15, -0.1) is 0 Å². The lowest BCUT2D eigenvalue weighted by atomic mass is 10.1. The fourth-order valence-electron chi connectivity index (χ4n) is 3.11. The Morgan fingerprint density at radius 1 is 1.07 bits per heavy atom. The van der Waals surface area contributed by atoms with Gasteiger partial charge < -0.3 is 15.0 Å². The SMILES string of the molecule is Cc1cc(C)cc(OCC(=O)N(Cc2cccc(Br)c2)[C@@H](C)C(=O)NCC(C)C)c1. The highest BCUT2D eigenvalue weighted by atomic mass is 79.9. The fraction of sp³-hybridized carbons (Fsp3) is 0.417. The standard InChI is InChI=1S/C24H31BrN2O3/c1-16(2)13-26-24(29)19(5)27(14-20-7-6-8-21(25)12-20)23(28)15-30-22-10-17(3)9-18(4)11-22/h6-12,16,19H,13-15H2,1-5H3,(H,26,29)/t19-/m0/s1. The highest BCUT2D eigenvalue weighted by Crippen LogP contribution is 2.18. The largest absolute Gasteiger partial charge is 0.484 e. The van der Waals surface area contributed by atoms with E-state index in [-0.39, 0.29) is 18.4 Å². The first kappa shape index (κ1) is 23.9. The Labute approximate surface area is 187 Å². The lowest BCUT2D eigenvalue weighted by Gasteiger charge is -2.29. The predicted octanol–water partition coefficient (Wildman–Crippen LogP) is 4.63. The lowest BCUT2D eigenvalue weighted by Crippen LogP contribution is -2.49. The van der Waals surface area contributed by atoms with E-state index in [1.54, 1.807) is 11.8 Å². The molecule has 0 heterocycles. The van der Waals surface area contributed by atoms with Crippen LogP contribution in [0.25, 0.3) is 0 Å². The number of hydrogen-bond donors (Lipinski definition) is 1. The summed E-state index contributed by atoms with van der Waals surface area (Å²) in [5, 5.41) is 2.92. The Hall–Kier alpha value is -2.34. The number of hydrogen-bond acceptors (Lipinski definition) is 3. The summed E-state index contributed by atoms with van der Waals surface area (Å²) < 4.78 is 6.69. The van der Waals surface area contributed by atoms with Crippen LogP contribution in [0.1, 0.15) is 37.5 Å². The molecule has 2 amide bonds. The second kappa shape index (κ2) is 11.2. The molecule has 0 unspecified atom stereocenters. The Bertz CT molecular complexity index is 862. The van der Waals surface area contributed by atoms with Crippen molar-refractivity contribution in [3.05, 3.63) is 63.6 Å². The molecule has 1 atom stereocenters. The van der Waals surface area contributed by atoms with E-state index in [9.17, 15) is 9.59 Å². The van der Waals surface area contributed by atoms with Crippen molar-refractivity contribution in [2.24, 2.45) is 5.92 Å². The zero-order valence-electron chi connectivity index (χ0n) is 18.4. The van der Waals surface area contributed by atoms with Gasteiger partial charge in [0.25, 0.3) is 5.91 Å². The van der Waals surface area contributed by atoms with Crippen LogP contribution in [0, 0.1) is 19.8 Å². The average molecular weight is 475 g/mol. The minimum Gasteiger partial charge on any atom is -0.484 e. The van der Waals surface area contributed by atoms with Gasteiger partial charge in [-0.1, -0.05) is 48.0 Å². The normalized spacial score (nSPS) is 11.8. The number of nitrogens with zero attached hydrogens (tertiary/aromatic N) is 1. The Morgan fingerprint density at radius 2 is 1.73 bits per heavy atom. The van der Waals surface area contributed by atoms with Crippen LogP contribution < -0.4 is 10.1 Å². The smallest absolute Gasteiger partial charge is 0.261 e. The quantitative estimate of drug-likeness (QED) is 0.575. The Balaban J connectivity index is 2.15. The van der Waals surface area contributed by atoms with E-state index in [0.717, 1.165) is 21.2 Å². The number of benzene rings is 2. The van der Waals surface area contributed by atoms with Gasteiger partial charge in [-0.2, -0.15) is 0 Å². The van der Waals surface area contributed by atoms with E-state index < -0.39 is 6.04 Å². The van der Waals surface area contributed by atoms with Crippen molar-refractivity contribution in [1.29, 1.82) is 0 Å². The molecular formula is C24H31BrN2O3. The van der Waals surface area contributed by atoms with Crippen molar-refractivity contribution in [3.8, 4) is 5.75 Å². The van der Waals surface area contributed by atoms with E-state index in [1.165, 1.54) is 0 Å². The molecule has 5 nitrogen and oxygen atoms in total. The van der Waals surface area contributed by atoms with Gasteiger partial charge in [0.2, 0.25) is 5.91 Å². The van der Waals surface area contributed by atoms with Crippen LogP contribution >= 0.6 is 15.9 Å². The average Bonchev–Trinajstić information content (AvgIpc) is 2.67. The fourth-order valence-corrected chi connectivity index (χ4v) is 3.56. The molecule has 0 saturated carbocycles. The minimum absolute atomic E-state index is 0.126. The van der Waals surface area contributed by atoms with E-state index in [2.05, 4.69) is 27.3 Å². The maximum atomic E-state index is 13.1. The van der Waals surface area contributed by atoms with Gasteiger partial charge in [-0.25, -0.2) is 0 Å². The first-order valence-corrected chi connectivity index (χ1v) is 11.0. The van der Waals surface area contributed by atoms with Crippen LogP contribution in [0.2, 0.25) is 0 Å². The van der Waals surface area contributed by atoms with Crippen molar-refractivity contribution in [1.82, 2.24) is 10.2 Å². The molecule has 0 aromatic heterocycles. The van der Waals surface area contributed by atoms with E-state index in [1.807, 2.05) is 64.1 Å². The summed E-state index contributed by atoms with van der Waals surface area (Å²) in [6.45, 7) is 10.6. The monoisotopic (exact) mass is 474 g/mol. The molecule has 1 N–H and O–H groups in total. The van der Waals surface area contributed by atoms with Gasteiger partial charge in [0.1, 0.15) is 11.8 Å². The number of ether oxygens (including phenoxy) is 1. The zero-order valence-corrected chi connectivity index (χ0v) is 20.0. The van der Waals surface area contributed by atoms with Gasteiger partial charge in [-0.3, -0.25) is 9.59 Å². The molecule has 0 saturated heterocycles. The van der Waals surface area contributed by atoms with Gasteiger partial charge in [0.05, 0.1) is 0 Å². The number of carbonyl (C=O) groups is 2. The van der Waals surface area contributed by atoms with Crippen molar-refractivity contribution in [3.63, 3.8) is 0 Å². The van der Waals surface area contributed by atoms with Crippen molar-refractivity contribution in [2.75, 3.05) is 13.2 Å². The van der Waals surface area contributed by atoms with Crippen molar-refractivity contribution in [2.45, 2.75) is 47.2 Å². The van der Waals surface area contributed by atoms with E-state index >= 15 is 0 Å². The maximum absolute atomic E-state index is 13.1. The number of amides is 2. The summed E-state index contributed by atoms with van der Waals surface area (Å²) in [6, 6.07) is 13.0. The summed E-state index contributed by atoms with van der Waals surface area (Å²) in [5.74, 6) is 0.586. The second-order valence-corrected chi connectivity index (χ2v) is 8.99. The molecule has 0 spiro atoms. The third-order valence-corrected chi connectivity index (χ3v) is 5.14. The third-order valence-electron chi connectivity index (χ3n) is 4.65. The Kier molecular flexibility index (Phi) is 8.90. The summed E-state index contributed by atoms with van der Waals surface area (Å²) in [6.07, 6.45) is 0. The summed E-state index contributed by atoms with van der Waals surface area (Å²) in [5.41, 5.74) is 3.09. The molecule has 0 aliphatic rings. The van der Waals surface area contributed by atoms with Crippen LogP contribution in [0.15, 0.2) is 46.9 Å². The van der Waals surface area contributed by atoms with Gasteiger partial charge in [-0.05, 0) is 67.6 Å². The predicted molar refractivity (Wildman–Crippen MR) is 123 cm³/mol. The zero-order chi connectivity index (χ0) is 22.3. The molecule has 2 aromatic rings. The first-order valence-electron chi connectivity index (χ1n) is 10.2. The minimum atomic E-state index is -0.613. The van der Waals surface area contributed by atoms with Crippen LogP contribution in [-0.2, 0) is 16.1 Å². The topological polar surface area (TPSA) is 58.6 Å². The van der Waals surface area contributed by atoms with Crippen molar-refractivity contribution < 1.29 is 14.3 Å². The van der Waals surface area contributed by atoms with Crippen LogP contribution in [0.5, 0.6) is 5.75 Å². The molecule has 2 aromatic carbocycles. The molecule has 0 fully saturated rings. The van der Waals surface area contributed by atoms with E-state index in [4.69, 9.17) is 4.74 Å². The second-order valence-electron chi connectivity index (χ2n) is 8.08. The molecule has 30 heavy (non-hydrogen) atoms. The van der Waals surface area contributed by atoms with Gasteiger partial charge in [0.15, 0.2) is 6.61 Å². The first-order chi connectivity index (χ1) is 14.2. The van der Waals surface area contributed by atoms with Gasteiger partial charge in [0, 0.05) is 17.6 Å². The highest BCUT2D eigenvalue weighted by Gasteiger charge is 2.26. The molecule has 0 aliphatic heterocycles. The molecule has 0 radical (unpaired) electrons. The number of aryl methyl sites for hydroxylation is 2. The highest BCUT2D eigenvalue weighted by molar-refractivity contribution is 9.10. The number of carbonyl (C=O) groups excluding carboxylic acids is 2.